The number of aromatic nitrogens is 2. The van der Waals surface area contributed by atoms with E-state index in [1.54, 1.807) is 12.1 Å². The fraction of sp³-hybridized carbons (Fsp3) is 0. The van der Waals surface area contributed by atoms with Gasteiger partial charge in [-0.05, 0) is 24.3 Å². The maximum absolute atomic E-state index is 11.5. The monoisotopic (exact) mass is 298 g/mol. The minimum absolute atomic E-state index is 0.154. The van der Waals surface area contributed by atoms with Gasteiger partial charge in [-0.25, -0.2) is 10.9 Å². The van der Waals surface area contributed by atoms with Crippen molar-refractivity contribution < 1.29 is 4.79 Å². The molecule has 6 nitrogen and oxygen atoms in total. The summed E-state index contributed by atoms with van der Waals surface area (Å²) in [7, 11) is 0. The molecular formula is C11H8Cl2N4O2. The van der Waals surface area contributed by atoms with Crippen LogP contribution in [0.15, 0.2) is 29.1 Å². The third kappa shape index (κ3) is 2.76. The minimum Gasteiger partial charge on any atom is -0.290 e. The molecule has 4 N–H and O–H groups in total. The van der Waals surface area contributed by atoms with Gasteiger partial charge in [-0.15, -0.1) is 0 Å². The summed E-state index contributed by atoms with van der Waals surface area (Å²) in [5, 5.41) is 6.86. The van der Waals surface area contributed by atoms with Gasteiger partial charge in [-0.3, -0.25) is 15.0 Å². The van der Waals surface area contributed by atoms with E-state index in [9.17, 15) is 9.59 Å². The Kier molecular flexibility index (Phi) is 3.84. The van der Waals surface area contributed by atoms with E-state index in [2.05, 4.69) is 10.2 Å². The van der Waals surface area contributed by atoms with Crippen LogP contribution in [0.3, 0.4) is 0 Å². The normalized spacial score (nSPS) is 10.3. The summed E-state index contributed by atoms with van der Waals surface area (Å²) in [5.41, 5.74) is 1.96. The molecule has 1 heterocycles. The van der Waals surface area contributed by atoms with Crippen LogP contribution in [0.1, 0.15) is 10.4 Å². The number of benzene rings is 1. The van der Waals surface area contributed by atoms with Crippen LogP contribution < -0.4 is 16.8 Å². The quantitative estimate of drug-likeness (QED) is 0.442. The smallest absolute Gasteiger partial charge is 0.277 e. The predicted octanol–water partition coefficient (Wildman–Crippen LogP) is 1.35. The molecule has 19 heavy (non-hydrogen) atoms. The van der Waals surface area contributed by atoms with Gasteiger partial charge in [0.15, 0.2) is 0 Å². The van der Waals surface area contributed by atoms with E-state index >= 15 is 0 Å². The first-order valence-corrected chi connectivity index (χ1v) is 5.84. The molecule has 0 aliphatic heterocycles. The number of H-pyrrole nitrogens is 1. The van der Waals surface area contributed by atoms with Gasteiger partial charge in [0.25, 0.3) is 11.5 Å². The largest absolute Gasteiger partial charge is 0.290 e. The van der Waals surface area contributed by atoms with Crippen molar-refractivity contribution in [1.82, 2.24) is 15.6 Å². The van der Waals surface area contributed by atoms with Gasteiger partial charge in [0.2, 0.25) is 0 Å². The van der Waals surface area contributed by atoms with Crippen molar-refractivity contribution in [3.63, 3.8) is 0 Å². The third-order valence-electron chi connectivity index (χ3n) is 2.39. The number of hydrazine groups is 1. The molecule has 1 aromatic carbocycles. The Labute approximate surface area is 117 Å². The lowest BCUT2D eigenvalue weighted by molar-refractivity contribution is 0.0952. The molecule has 2 aromatic rings. The van der Waals surface area contributed by atoms with Crippen molar-refractivity contribution in [3.05, 3.63) is 50.2 Å². The van der Waals surface area contributed by atoms with E-state index in [1.165, 1.54) is 12.1 Å². The number of rotatable bonds is 2. The molecule has 0 spiro atoms. The predicted molar refractivity (Wildman–Crippen MR) is 72.0 cm³/mol. The average molecular weight is 299 g/mol. The lowest BCUT2D eigenvalue weighted by Gasteiger charge is -2.05. The van der Waals surface area contributed by atoms with Crippen molar-refractivity contribution in [3.8, 4) is 11.3 Å². The number of nitrogens with zero attached hydrogens (tertiary/aromatic N) is 1. The van der Waals surface area contributed by atoms with Crippen molar-refractivity contribution >= 4 is 29.1 Å². The van der Waals surface area contributed by atoms with Crippen molar-refractivity contribution in [1.29, 1.82) is 0 Å². The van der Waals surface area contributed by atoms with Crippen LogP contribution in [0.5, 0.6) is 0 Å². The van der Waals surface area contributed by atoms with Gasteiger partial charge in [0, 0.05) is 10.6 Å². The number of hydrogen-bond donors (Lipinski definition) is 3. The third-order valence-corrected chi connectivity index (χ3v) is 2.93. The van der Waals surface area contributed by atoms with Gasteiger partial charge < -0.3 is 0 Å². The highest BCUT2D eigenvalue weighted by Gasteiger charge is 2.13. The van der Waals surface area contributed by atoms with E-state index in [0.29, 0.717) is 21.3 Å². The van der Waals surface area contributed by atoms with Gasteiger partial charge >= 0.3 is 0 Å². The minimum atomic E-state index is -0.713. The number of halogens is 2. The van der Waals surface area contributed by atoms with Gasteiger partial charge in [-0.1, -0.05) is 23.2 Å². The van der Waals surface area contributed by atoms with Crippen LogP contribution in [0.2, 0.25) is 10.0 Å². The fourth-order valence-electron chi connectivity index (χ4n) is 1.49. The molecular weight excluding hydrogens is 291 g/mol. The average Bonchev–Trinajstić information content (AvgIpc) is 2.39. The highest BCUT2D eigenvalue weighted by atomic mass is 35.5. The van der Waals surface area contributed by atoms with Crippen molar-refractivity contribution in [2.45, 2.75) is 0 Å². The summed E-state index contributed by atoms with van der Waals surface area (Å²) in [6.07, 6.45) is 0. The number of nitrogens with two attached hydrogens (primary N) is 1. The van der Waals surface area contributed by atoms with Crippen molar-refractivity contribution in [2.75, 3.05) is 0 Å². The Hall–Kier alpha value is -1.89. The summed E-state index contributed by atoms with van der Waals surface area (Å²) in [6.45, 7) is 0. The molecule has 0 bridgehead atoms. The molecule has 1 amide bonds. The number of carbonyl (C=O) groups excluding carboxylic acids is 1. The molecule has 0 fully saturated rings. The molecule has 2 rings (SSSR count). The van der Waals surface area contributed by atoms with E-state index in [0.717, 1.165) is 0 Å². The van der Waals surface area contributed by atoms with Gasteiger partial charge in [0.1, 0.15) is 5.56 Å². The first-order valence-electron chi connectivity index (χ1n) is 5.09. The second-order valence-corrected chi connectivity index (χ2v) is 4.44. The zero-order valence-electron chi connectivity index (χ0n) is 9.41. The standard InChI is InChI=1S/C11H8Cl2N4O2/c12-5-1-2-6(8(13)3-5)9-4-7(10(18)15-14)11(19)17-16-9/h1-4H,14H2,(H,15,18)(H,17,19). The Morgan fingerprint density at radius 2 is 2.05 bits per heavy atom. The van der Waals surface area contributed by atoms with E-state index in [4.69, 9.17) is 29.0 Å². The number of nitrogen functional groups attached to an aromatic ring is 1. The number of nitrogens with one attached hydrogen (secondary N) is 2. The van der Waals surface area contributed by atoms with E-state index in [-0.39, 0.29) is 5.56 Å². The topological polar surface area (TPSA) is 101 Å². The lowest BCUT2D eigenvalue weighted by atomic mass is 10.1. The zero-order valence-corrected chi connectivity index (χ0v) is 10.9. The molecule has 0 atom stereocenters. The van der Waals surface area contributed by atoms with Crippen LogP contribution in [0, 0.1) is 0 Å². The highest BCUT2D eigenvalue weighted by Crippen LogP contribution is 2.28. The first kappa shape index (κ1) is 13.5. The molecule has 0 unspecified atom stereocenters. The Balaban J connectivity index is 2.57. The summed E-state index contributed by atoms with van der Waals surface area (Å²) in [5.74, 6) is 4.28. The first-order chi connectivity index (χ1) is 9.02. The SMILES string of the molecule is NNC(=O)c1cc(-c2ccc(Cl)cc2Cl)n[nH]c1=O. The molecule has 1 aromatic heterocycles. The van der Waals surface area contributed by atoms with Gasteiger partial charge in [-0.2, -0.15) is 5.10 Å². The molecule has 0 radical (unpaired) electrons. The number of hydrogen-bond acceptors (Lipinski definition) is 4. The van der Waals surface area contributed by atoms with Gasteiger partial charge in [0.05, 0.1) is 10.7 Å². The number of aromatic amines is 1. The molecule has 0 saturated carbocycles. The van der Waals surface area contributed by atoms with Crippen LogP contribution in [-0.2, 0) is 0 Å². The number of carbonyl (C=O) groups is 1. The molecule has 98 valence electrons. The second kappa shape index (κ2) is 5.40. The Morgan fingerprint density at radius 3 is 2.68 bits per heavy atom. The summed E-state index contributed by atoms with van der Waals surface area (Å²) in [6, 6.07) is 6.09. The van der Waals surface area contributed by atoms with Crippen LogP contribution >= 0.6 is 23.2 Å². The summed E-state index contributed by atoms with van der Waals surface area (Å²) < 4.78 is 0. The second-order valence-electron chi connectivity index (χ2n) is 3.59. The van der Waals surface area contributed by atoms with Crippen LogP contribution in [0.25, 0.3) is 11.3 Å². The lowest BCUT2D eigenvalue weighted by Crippen LogP contribution is -2.34. The van der Waals surface area contributed by atoms with E-state index < -0.39 is 11.5 Å². The Bertz CT molecular complexity index is 699. The highest BCUT2D eigenvalue weighted by molar-refractivity contribution is 6.36. The van der Waals surface area contributed by atoms with Crippen LogP contribution in [0.4, 0.5) is 0 Å². The maximum atomic E-state index is 11.5. The summed E-state index contributed by atoms with van der Waals surface area (Å²) in [4.78, 5) is 22.9. The molecule has 0 aliphatic carbocycles. The number of amides is 1. The van der Waals surface area contributed by atoms with E-state index in [1.807, 2.05) is 5.43 Å². The molecule has 0 saturated heterocycles. The summed E-state index contributed by atoms with van der Waals surface area (Å²) >= 11 is 11.8. The zero-order chi connectivity index (χ0) is 14.0. The Morgan fingerprint density at radius 1 is 1.32 bits per heavy atom. The molecule has 0 aliphatic rings. The van der Waals surface area contributed by atoms with Crippen LogP contribution in [-0.4, -0.2) is 16.1 Å². The fourth-order valence-corrected chi connectivity index (χ4v) is 1.99. The maximum Gasteiger partial charge on any atom is 0.277 e. The van der Waals surface area contributed by atoms with Crippen molar-refractivity contribution in [2.24, 2.45) is 5.84 Å². The molecule has 8 heteroatoms.